The maximum atomic E-state index is 11.6. The van der Waals surface area contributed by atoms with Crippen molar-refractivity contribution < 1.29 is 12.8 Å². The van der Waals surface area contributed by atoms with Crippen LogP contribution in [0.2, 0.25) is 0 Å². The van der Waals surface area contributed by atoms with E-state index < -0.39 is 10.0 Å². The Balaban J connectivity index is 1.89. The Kier molecular flexibility index (Phi) is 3.06. The van der Waals surface area contributed by atoms with Gasteiger partial charge in [0.25, 0.3) is 0 Å². The largest absolute Gasteiger partial charge is 0.440 e. The summed E-state index contributed by atoms with van der Waals surface area (Å²) in [5.74, 6) is 0.699. The fraction of sp³-hybridized carbons (Fsp3) is 0.462. The number of fused-ring (bicyclic) bond motifs is 1. The van der Waals surface area contributed by atoms with Gasteiger partial charge in [0.05, 0.1) is 6.26 Å². The maximum Gasteiger partial charge on any atom is 0.211 e. The van der Waals surface area contributed by atoms with Crippen molar-refractivity contribution in [1.29, 1.82) is 0 Å². The smallest absolute Gasteiger partial charge is 0.211 e. The molecule has 1 saturated heterocycles. The molecule has 0 aliphatic carbocycles. The molecule has 0 amide bonds. The summed E-state index contributed by atoms with van der Waals surface area (Å²) < 4.78 is 30.5. The van der Waals surface area contributed by atoms with Gasteiger partial charge in [0.1, 0.15) is 5.52 Å². The Morgan fingerprint density at radius 3 is 2.89 bits per heavy atom. The van der Waals surface area contributed by atoms with Crippen LogP contribution in [0.25, 0.3) is 11.1 Å². The monoisotopic (exact) mass is 280 g/mol. The Hall–Kier alpha value is -1.40. The highest BCUT2D eigenvalue weighted by Crippen LogP contribution is 2.29. The van der Waals surface area contributed by atoms with Crippen molar-refractivity contribution in [3.63, 3.8) is 0 Å². The van der Waals surface area contributed by atoms with Gasteiger partial charge in [-0.2, -0.15) is 0 Å². The van der Waals surface area contributed by atoms with Crippen LogP contribution < -0.4 is 0 Å². The molecule has 5 nitrogen and oxygen atoms in total. The van der Waals surface area contributed by atoms with Crippen LogP contribution in [0.4, 0.5) is 0 Å². The Morgan fingerprint density at radius 2 is 2.16 bits per heavy atom. The summed E-state index contributed by atoms with van der Waals surface area (Å²) in [6.45, 7) is 1.06. The van der Waals surface area contributed by atoms with Crippen LogP contribution in [0, 0.1) is 0 Å². The quantitative estimate of drug-likeness (QED) is 0.843. The predicted molar refractivity (Wildman–Crippen MR) is 72.4 cm³/mol. The lowest BCUT2D eigenvalue weighted by Gasteiger charge is -2.29. The van der Waals surface area contributed by atoms with E-state index in [1.54, 1.807) is 0 Å². The zero-order valence-electron chi connectivity index (χ0n) is 10.7. The highest BCUT2D eigenvalue weighted by Gasteiger charge is 2.29. The molecule has 0 unspecified atom stereocenters. The van der Waals surface area contributed by atoms with E-state index in [-0.39, 0.29) is 5.92 Å². The lowest BCUT2D eigenvalue weighted by molar-refractivity contribution is 0.290. The van der Waals surface area contributed by atoms with Gasteiger partial charge in [0.2, 0.25) is 10.0 Å². The summed E-state index contributed by atoms with van der Waals surface area (Å²) in [7, 11) is -3.13. The van der Waals surface area contributed by atoms with Crippen LogP contribution in [0.15, 0.2) is 28.7 Å². The minimum Gasteiger partial charge on any atom is -0.440 e. The second kappa shape index (κ2) is 4.61. The molecule has 102 valence electrons. The van der Waals surface area contributed by atoms with Gasteiger partial charge in [-0.3, -0.25) is 0 Å². The van der Waals surface area contributed by atoms with E-state index in [0.717, 1.165) is 23.9 Å². The van der Waals surface area contributed by atoms with Gasteiger partial charge < -0.3 is 4.42 Å². The summed E-state index contributed by atoms with van der Waals surface area (Å²) in [6.07, 6.45) is 3.01. The lowest BCUT2D eigenvalue weighted by atomic mass is 10.00. The van der Waals surface area contributed by atoms with Crippen molar-refractivity contribution in [2.24, 2.45) is 0 Å². The molecule has 1 aromatic carbocycles. The van der Waals surface area contributed by atoms with Crippen molar-refractivity contribution in [2.45, 2.75) is 18.8 Å². The second-order valence-corrected chi connectivity index (χ2v) is 6.96. The molecule has 0 spiro atoms. The first kappa shape index (κ1) is 12.6. The zero-order valence-corrected chi connectivity index (χ0v) is 11.6. The molecule has 0 N–H and O–H groups in total. The number of hydrogen-bond acceptors (Lipinski definition) is 4. The van der Waals surface area contributed by atoms with Crippen LogP contribution in [0.5, 0.6) is 0 Å². The third-order valence-corrected chi connectivity index (χ3v) is 4.78. The first-order valence-corrected chi connectivity index (χ1v) is 8.19. The van der Waals surface area contributed by atoms with E-state index >= 15 is 0 Å². The minimum atomic E-state index is -3.13. The van der Waals surface area contributed by atoms with E-state index in [1.165, 1.54) is 10.6 Å². The zero-order chi connectivity index (χ0) is 13.5. The molecular formula is C13H16N2O3S. The topological polar surface area (TPSA) is 63.4 Å². The third kappa shape index (κ3) is 2.50. The molecule has 2 heterocycles. The van der Waals surface area contributed by atoms with Gasteiger partial charge in [-0.1, -0.05) is 12.1 Å². The van der Waals surface area contributed by atoms with Gasteiger partial charge in [0, 0.05) is 19.0 Å². The lowest BCUT2D eigenvalue weighted by Crippen LogP contribution is -2.38. The van der Waals surface area contributed by atoms with Gasteiger partial charge >= 0.3 is 0 Å². The maximum absolute atomic E-state index is 11.6. The number of oxazole rings is 1. The Labute approximate surface area is 112 Å². The highest BCUT2D eigenvalue weighted by molar-refractivity contribution is 7.88. The summed E-state index contributed by atoms with van der Waals surface area (Å²) >= 11 is 0. The van der Waals surface area contributed by atoms with Crippen LogP contribution in [-0.4, -0.2) is 37.1 Å². The van der Waals surface area contributed by atoms with Crippen LogP contribution in [0.3, 0.4) is 0 Å². The van der Waals surface area contributed by atoms with Crippen molar-refractivity contribution in [1.82, 2.24) is 9.29 Å². The standard InChI is InChI=1S/C13H16N2O3S/c1-19(16,17)15-8-4-5-10(9-15)13-14-11-6-2-3-7-12(11)18-13/h2-3,6-7,10H,4-5,8-9H2,1H3/t10-/m0/s1. The van der Waals surface area contributed by atoms with Crippen molar-refractivity contribution in [2.75, 3.05) is 19.3 Å². The SMILES string of the molecule is CS(=O)(=O)N1CCC[C@H](c2nc3ccccc3o2)C1. The van der Waals surface area contributed by atoms with Gasteiger partial charge in [0.15, 0.2) is 11.5 Å². The van der Waals surface area contributed by atoms with Crippen molar-refractivity contribution in [3.8, 4) is 0 Å². The molecule has 0 saturated carbocycles. The highest BCUT2D eigenvalue weighted by atomic mass is 32.2. The van der Waals surface area contributed by atoms with E-state index in [0.29, 0.717) is 19.0 Å². The number of para-hydroxylation sites is 2. The van der Waals surface area contributed by atoms with Crippen molar-refractivity contribution in [3.05, 3.63) is 30.2 Å². The van der Waals surface area contributed by atoms with Gasteiger partial charge in [-0.05, 0) is 25.0 Å². The summed E-state index contributed by atoms with van der Waals surface area (Å²) in [4.78, 5) is 4.46. The molecule has 1 aromatic heterocycles. The average Bonchev–Trinajstić information content (AvgIpc) is 2.81. The normalized spacial score (nSPS) is 21.8. The molecular weight excluding hydrogens is 264 g/mol. The fourth-order valence-corrected chi connectivity index (χ4v) is 3.42. The minimum absolute atomic E-state index is 0.0517. The molecule has 1 aliphatic rings. The number of aromatic nitrogens is 1. The van der Waals surface area contributed by atoms with Crippen LogP contribution >= 0.6 is 0 Å². The molecule has 1 fully saturated rings. The third-order valence-electron chi connectivity index (χ3n) is 3.51. The molecule has 1 aliphatic heterocycles. The Morgan fingerprint density at radius 1 is 1.37 bits per heavy atom. The number of rotatable bonds is 2. The van der Waals surface area contributed by atoms with Crippen LogP contribution in [-0.2, 0) is 10.0 Å². The molecule has 1 atom stereocenters. The number of sulfonamides is 1. The predicted octanol–water partition coefficient (Wildman–Crippen LogP) is 1.97. The average molecular weight is 280 g/mol. The first-order valence-electron chi connectivity index (χ1n) is 6.34. The van der Waals surface area contributed by atoms with Crippen LogP contribution in [0.1, 0.15) is 24.7 Å². The van der Waals surface area contributed by atoms with E-state index in [9.17, 15) is 8.42 Å². The van der Waals surface area contributed by atoms with Gasteiger partial charge in [-0.25, -0.2) is 17.7 Å². The number of hydrogen-bond donors (Lipinski definition) is 0. The van der Waals surface area contributed by atoms with E-state index in [1.807, 2.05) is 24.3 Å². The van der Waals surface area contributed by atoms with Crippen molar-refractivity contribution >= 4 is 21.1 Å². The number of benzene rings is 1. The fourth-order valence-electron chi connectivity index (χ4n) is 2.51. The molecule has 3 rings (SSSR count). The molecule has 0 radical (unpaired) electrons. The van der Waals surface area contributed by atoms with E-state index in [2.05, 4.69) is 4.98 Å². The first-order chi connectivity index (χ1) is 9.04. The van der Waals surface area contributed by atoms with Gasteiger partial charge in [-0.15, -0.1) is 0 Å². The van der Waals surface area contributed by atoms with E-state index in [4.69, 9.17) is 4.42 Å². The molecule has 6 heteroatoms. The molecule has 0 bridgehead atoms. The summed E-state index contributed by atoms with van der Waals surface area (Å²) in [5, 5.41) is 0. The molecule has 2 aromatic rings. The number of nitrogens with zero attached hydrogens (tertiary/aromatic N) is 2. The number of piperidine rings is 1. The molecule has 19 heavy (non-hydrogen) atoms. The second-order valence-electron chi connectivity index (χ2n) is 4.98. The summed E-state index contributed by atoms with van der Waals surface area (Å²) in [6, 6.07) is 7.60. The summed E-state index contributed by atoms with van der Waals surface area (Å²) in [5.41, 5.74) is 1.59. The Bertz CT molecular complexity index is 660.